The van der Waals surface area contributed by atoms with Gasteiger partial charge >= 0.3 is 0 Å². The molecule has 3 N–H and O–H groups in total. The second-order valence-electron chi connectivity index (χ2n) is 4.33. The molecule has 0 saturated carbocycles. The summed E-state index contributed by atoms with van der Waals surface area (Å²) >= 11 is 0. The molecule has 1 amide bonds. The van der Waals surface area contributed by atoms with Crippen LogP contribution in [0.3, 0.4) is 0 Å². The smallest absolute Gasteiger partial charge is 0.274 e. The first-order valence-electron chi connectivity index (χ1n) is 5.35. The van der Waals surface area contributed by atoms with Crippen molar-refractivity contribution in [1.29, 1.82) is 0 Å². The molecule has 0 unspecified atom stereocenters. The van der Waals surface area contributed by atoms with Crippen LogP contribution in [0.2, 0.25) is 0 Å². The van der Waals surface area contributed by atoms with Crippen LogP contribution in [-0.4, -0.2) is 46.8 Å². The van der Waals surface area contributed by atoms with Gasteiger partial charge in [-0.25, -0.2) is 0 Å². The molecule has 0 bridgehead atoms. The third-order valence-electron chi connectivity index (χ3n) is 2.80. The molecule has 1 aromatic rings. The SMILES string of the molecule is CN1CC[C@@H](NC(=O)c2nn(C)cc2N)C1. The number of amides is 1. The minimum Gasteiger partial charge on any atom is -0.396 e. The van der Waals surface area contributed by atoms with Crippen LogP contribution in [0.25, 0.3) is 0 Å². The van der Waals surface area contributed by atoms with Gasteiger partial charge in [-0.3, -0.25) is 9.48 Å². The van der Waals surface area contributed by atoms with Gasteiger partial charge in [0.25, 0.3) is 5.91 Å². The molecule has 1 saturated heterocycles. The second-order valence-corrected chi connectivity index (χ2v) is 4.33. The summed E-state index contributed by atoms with van der Waals surface area (Å²) in [6.45, 7) is 1.90. The predicted molar refractivity (Wildman–Crippen MR) is 61.0 cm³/mol. The van der Waals surface area contributed by atoms with Crippen LogP contribution in [0, 0.1) is 0 Å². The number of aromatic nitrogens is 2. The number of carbonyl (C=O) groups excluding carboxylic acids is 1. The van der Waals surface area contributed by atoms with Crippen LogP contribution in [0.5, 0.6) is 0 Å². The molecule has 1 aliphatic heterocycles. The van der Waals surface area contributed by atoms with Crippen LogP contribution >= 0.6 is 0 Å². The minimum atomic E-state index is -0.182. The van der Waals surface area contributed by atoms with Crippen molar-refractivity contribution in [2.24, 2.45) is 7.05 Å². The number of nitrogens with one attached hydrogen (secondary N) is 1. The fourth-order valence-corrected chi connectivity index (χ4v) is 1.99. The fraction of sp³-hybridized carbons (Fsp3) is 0.600. The number of likely N-dealkylation sites (tertiary alicyclic amines) is 1. The van der Waals surface area contributed by atoms with Gasteiger partial charge in [-0.2, -0.15) is 5.10 Å². The van der Waals surface area contributed by atoms with Gasteiger partial charge in [0, 0.05) is 25.8 Å². The van der Waals surface area contributed by atoms with E-state index in [4.69, 9.17) is 5.73 Å². The van der Waals surface area contributed by atoms with E-state index in [1.807, 2.05) is 7.05 Å². The first kappa shape index (κ1) is 10.9. The molecule has 88 valence electrons. The highest BCUT2D eigenvalue weighted by Gasteiger charge is 2.23. The van der Waals surface area contributed by atoms with Gasteiger partial charge in [-0.1, -0.05) is 0 Å². The Labute approximate surface area is 94.4 Å². The van der Waals surface area contributed by atoms with Crippen molar-refractivity contribution < 1.29 is 4.79 Å². The molecular weight excluding hydrogens is 206 g/mol. The topological polar surface area (TPSA) is 76.2 Å². The van der Waals surface area contributed by atoms with Gasteiger partial charge in [0.15, 0.2) is 5.69 Å². The van der Waals surface area contributed by atoms with Gasteiger partial charge in [0.1, 0.15) is 0 Å². The average molecular weight is 223 g/mol. The lowest BCUT2D eigenvalue weighted by Crippen LogP contribution is -2.37. The van der Waals surface area contributed by atoms with Crippen molar-refractivity contribution >= 4 is 11.6 Å². The Morgan fingerprint density at radius 3 is 2.88 bits per heavy atom. The number of carbonyl (C=O) groups is 1. The Kier molecular flexibility index (Phi) is 2.82. The quantitative estimate of drug-likeness (QED) is 0.704. The molecule has 0 aliphatic carbocycles. The maximum atomic E-state index is 11.9. The third kappa shape index (κ3) is 2.16. The van der Waals surface area contributed by atoms with Crippen molar-refractivity contribution in [3.63, 3.8) is 0 Å². The van der Waals surface area contributed by atoms with Crippen LogP contribution in [-0.2, 0) is 7.05 Å². The van der Waals surface area contributed by atoms with E-state index in [2.05, 4.69) is 15.3 Å². The number of anilines is 1. The molecule has 2 rings (SSSR count). The summed E-state index contributed by atoms with van der Waals surface area (Å²) in [6, 6.07) is 0.207. The van der Waals surface area contributed by atoms with E-state index in [1.165, 1.54) is 0 Å². The molecule has 1 aromatic heterocycles. The van der Waals surface area contributed by atoms with Gasteiger partial charge < -0.3 is 16.0 Å². The van der Waals surface area contributed by atoms with Crippen molar-refractivity contribution in [2.45, 2.75) is 12.5 Å². The Morgan fingerprint density at radius 1 is 1.62 bits per heavy atom. The van der Waals surface area contributed by atoms with Crippen molar-refractivity contribution in [3.05, 3.63) is 11.9 Å². The third-order valence-corrected chi connectivity index (χ3v) is 2.80. The zero-order valence-corrected chi connectivity index (χ0v) is 9.60. The first-order chi connectivity index (χ1) is 7.56. The van der Waals surface area contributed by atoms with Gasteiger partial charge in [-0.05, 0) is 20.0 Å². The van der Waals surface area contributed by atoms with Crippen molar-refractivity contribution in [1.82, 2.24) is 20.0 Å². The fourth-order valence-electron chi connectivity index (χ4n) is 1.99. The maximum absolute atomic E-state index is 11.9. The van der Waals surface area contributed by atoms with Crippen molar-refractivity contribution in [3.8, 4) is 0 Å². The van der Waals surface area contributed by atoms with E-state index in [-0.39, 0.29) is 11.9 Å². The summed E-state index contributed by atoms with van der Waals surface area (Å²) in [4.78, 5) is 14.0. The summed E-state index contributed by atoms with van der Waals surface area (Å²) in [5.41, 5.74) is 6.43. The van der Waals surface area contributed by atoms with Crippen LogP contribution in [0.15, 0.2) is 6.20 Å². The van der Waals surface area contributed by atoms with Gasteiger partial charge in [0.2, 0.25) is 0 Å². The minimum absolute atomic E-state index is 0.182. The molecule has 1 fully saturated rings. The number of nitrogens with zero attached hydrogens (tertiary/aromatic N) is 3. The molecule has 16 heavy (non-hydrogen) atoms. The number of nitrogens with two attached hydrogens (primary N) is 1. The molecule has 1 aliphatic rings. The average Bonchev–Trinajstić information content (AvgIpc) is 2.73. The Hall–Kier alpha value is -1.56. The van der Waals surface area contributed by atoms with E-state index < -0.39 is 0 Å². The van der Waals surface area contributed by atoms with E-state index in [1.54, 1.807) is 17.9 Å². The highest BCUT2D eigenvalue weighted by molar-refractivity contribution is 5.97. The molecule has 0 aromatic carbocycles. The lowest BCUT2D eigenvalue weighted by atomic mass is 10.2. The Morgan fingerprint density at radius 2 is 2.38 bits per heavy atom. The van der Waals surface area contributed by atoms with E-state index in [0.717, 1.165) is 19.5 Å². The molecule has 1 atom stereocenters. The van der Waals surface area contributed by atoms with Gasteiger partial charge in [0.05, 0.1) is 5.69 Å². The van der Waals surface area contributed by atoms with Crippen LogP contribution < -0.4 is 11.1 Å². The normalized spacial score (nSPS) is 21.2. The number of hydrogen-bond acceptors (Lipinski definition) is 4. The number of hydrogen-bond donors (Lipinski definition) is 2. The van der Waals surface area contributed by atoms with E-state index >= 15 is 0 Å². The summed E-state index contributed by atoms with van der Waals surface area (Å²) in [6.07, 6.45) is 2.62. The lowest BCUT2D eigenvalue weighted by Gasteiger charge is -2.11. The lowest BCUT2D eigenvalue weighted by molar-refractivity contribution is 0.0933. The second kappa shape index (κ2) is 4.13. The summed E-state index contributed by atoms with van der Waals surface area (Å²) < 4.78 is 1.55. The van der Waals surface area contributed by atoms with Crippen LogP contribution in [0.1, 0.15) is 16.9 Å². The monoisotopic (exact) mass is 223 g/mol. The molecule has 2 heterocycles. The molecule has 0 radical (unpaired) electrons. The highest BCUT2D eigenvalue weighted by atomic mass is 16.2. The summed E-state index contributed by atoms with van der Waals surface area (Å²) in [7, 11) is 3.79. The molecular formula is C10H17N5O. The van der Waals surface area contributed by atoms with E-state index in [0.29, 0.717) is 11.4 Å². The zero-order valence-electron chi connectivity index (χ0n) is 9.60. The van der Waals surface area contributed by atoms with Gasteiger partial charge in [-0.15, -0.1) is 0 Å². The Balaban J connectivity index is 2.00. The largest absolute Gasteiger partial charge is 0.396 e. The number of likely N-dealkylation sites (N-methyl/N-ethyl adjacent to an activating group) is 1. The predicted octanol–water partition coefficient (Wildman–Crippen LogP) is -0.564. The highest BCUT2D eigenvalue weighted by Crippen LogP contribution is 2.10. The summed E-state index contributed by atoms with van der Waals surface area (Å²) in [5, 5.41) is 6.98. The number of aryl methyl sites for hydroxylation is 1. The molecule has 6 heteroatoms. The standard InChI is InChI=1S/C10H17N5O/c1-14-4-3-7(5-14)12-10(16)9-8(11)6-15(2)13-9/h6-7H,3-5,11H2,1-2H3,(H,12,16)/t7-/m1/s1. The zero-order chi connectivity index (χ0) is 11.7. The van der Waals surface area contributed by atoms with Crippen molar-refractivity contribution in [2.75, 3.05) is 25.9 Å². The van der Waals surface area contributed by atoms with E-state index in [9.17, 15) is 4.79 Å². The number of rotatable bonds is 2. The molecule has 0 spiro atoms. The Bertz CT molecular complexity index is 400. The molecule has 6 nitrogen and oxygen atoms in total. The number of nitrogen functional groups attached to an aromatic ring is 1. The summed E-state index contributed by atoms with van der Waals surface area (Å²) in [5.74, 6) is -0.182. The maximum Gasteiger partial charge on any atom is 0.274 e. The first-order valence-corrected chi connectivity index (χ1v) is 5.35. The van der Waals surface area contributed by atoms with Crippen LogP contribution in [0.4, 0.5) is 5.69 Å².